The summed E-state index contributed by atoms with van der Waals surface area (Å²) in [7, 11) is 0. The summed E-state index contributed by atoms with van der Waals surface area (Å²) in [4.78, 5) is 26.1. The lowest BCUT2D eigenvalue weighted by Gasteiger charge is -2.09. The number of thiazole rings is 1. The molecule has 1 atom stereocenters. The molecule has 19 heavy (non-hydrogen) atoms. The van der Waals surface area contributed by atoms with Gasteiger partial charge in [0.25, 0.3) is 0 Å². The van der Waals surface area contributed by atoms with Crippen molar-refractivity contribution in [2.24, 2.45) is 5.73 Å². The number of rotatable bonds is 8. The summed E-state index contributed by atoms with van der Waals surface area (Å²) in [6, 6.07) is -0.0940. The van der Waals surface area contributed by atoms with Gasteiger partial charge >= 0.3 is 5.97 Å². The Morgan fingerprint density at radius 3 is 2.89 bits per heavy atom. The van der Waals surface area contributed by atoms with Gasteiger partial charge in [0.15, 0.2) is 5.69 Å². The Morgan fingerprint density at radius 2 is 2.32 bits per heavy atom. The van der Waals surface area contributed by atoms with Crippen LogP contribution >= 0.6 is 11.3 Å². The molecule has 0 aliphatic carbocycles. The van der Waals surface area contributed by atoms with Crippen LogP contribution in [0.2, 0.25) is 0 Å². The molecule has 1 aromatic rings. The molecule has 0 aliphatic rings. The first-order valence-corrected chi connectivity index (χ1v) is 7.10. The number of hydrogen-bond acceptors (Lipinski definition) is 5. The number of carbonyl (C=O) groups is 2. The number of aromatic nitrogens is 1. The number of carboxylic acids is 1. The summed E-state index contributed by atoms with van der Waals surface area (Å²) in [5, 5.41) is 13.7. The third-order valence-corrected chi connectivity index (χ3v) is 3.45. The van der Waals surface area contributed by atoms with E-state index in [1.807, 2.05) is 6.92 Å². The molecule has 1 aromatic heterocycles. The van der Waals surface area contributed by atoms with Crippen LogP contribution in [0.1, 0.15) is 41.7 Å². The van der Waals surface area contributed by atoms with Gasteiger partial charge in [0.05, 0.1) is 5.01 Å². The number of carboxylic acid groups (broad SMARTS) is 1. The Labute approximate surface area is 116 Å². The first kappa shape index (κ1) is 15.6. The van der Waals surface area contributed by atoms with E-state index in [2.05, 4.69) is 10.3 Å². The number of amides is 1. The summed E-state index contributed by atoms with van der Waals surface area (Å²) >= 11 is 1.28. The number of carbonyl (C=O) groups excluding carboxylic acids is 1. The van der Waals surface area contributed by atoms with Crippen molar-refractivity contribution in [1.29, 1.82) is 0 Å². The van der Waals surface area contributed by atoms with E-state index in [0.29, 0.717) is 24.4 Å². The highest BCUT2D eigenvalue weighted by Crippen LogP contribution is 2.09. The molecule has 1 unspecified atom stereocenters. The van der Waals surface area contributed by atoms with E-state index in [-0.39, 0.29) is 17.6 Å². The molecule has 1 heterocycles. The molecule has 0 saturated carbocycles. The second-order valence-electron chi connectivity index (χ2n) is 4.28. The average molecular weight is 285 g/mol. The maximum Gasteiger partial charge on any atom is 0.355 e. The highest BCUT2D eigenvalue weighted by molar-refractivity contribution is 7.09. The van der Waals surface area contributed by atoms with Gasteiger partial charge in [-0.15, -0.1) is 11.3 Å². The molecule has 0 saturated heterocycles. The van der Waals surface area contributed by atoms with Gasteiger partial charge in [-0.1, -0.05) is 13.3 Å². The van der Waals surface area contributed by atoms with Crippen LogP contribution in [0, 0.1) is 0 Å². The zero-order chi connectivity index (χ0) is 14.3. The molecule has 0 aliphatic heterocycles. The van der Waals surface area contributed by atoms with E-state index in [9.17, 15) is 9.59 Å². The van der Waals surface area contributed by atoms with Gasteiger partial charge in [0, 0.05) is 30.8 Å². The lowest BCUT2D eigenvalue weighted by molar-refractivity contribution is -0.121. The van der Waals surface area contributed by atoms with E-state index in [0.717, 1.165) is 12.8 Å². The van der Waals surface area contributed by atoms with E-state index in [1.54, 1.807) is 0 Å². The second kappa shape index (κ2) is 7.85. The van der Waals surface area contributed by atoms with Crippen LogP contribution in [-0.2, 0) is 11.2 Å². The molecule has 0 spiro atoms. The predicted octanol–water partition coefficient (Wildman–Crippen LogP) is 1.02. The number of aromatic carboxylic acids is 1. The Bertz CT molecular complexity index is 434. The standard InChI is InChI=1S/C12H19N3O3S/c1-2-3-8(13)6-10(16)14-5-4-11-15-9(7-19-11)12(17)18/h7-8H,2-6,13H2,1H3,(H,14,16)(H,17,18). The quantitative estimate of drug-likeness (QED) is 0.661. The number of nitrogens with zero attached hydrogens (tertiary/aromatic N) is 1. The van der Waals surface area contributed by atoms with E-state index in [1.165, 1.54) is 16.7 Å². The fourth-order valence-corrected chi connectivity index (χ4v) is 2.39. The summed E-state index contributed by atoms with van der Waals surface area (Å²) in [5.41, 5.74) is 5.82. The Kier molecular flexibility index (Phi) is 6.44. The predicted molar refractivity (Wildman–Crippen MR) is 73.3 cm³/mol. The summed E-state index contributed by atoms with van der Waals surface area (Å²) in [6.07, 6.45) is 2.66. The van der Waals surface area contributed by atoms with E-state index in [4.69, 9.17) is 10.8 Å². The van der Waals surface area contributed by atoms with Crippen LogP contribution in [-0.4, -0.2) is 34.6 Å². The molecular formula is C12H19N3O3S. The average Bonchev–Trinajstić information content (AvgIpc) is 2.78. The van der Waals surface area contributed by atoms with Crippen molar-refractivity contribution < 1.29 is 14.7 Å². The summed E-state index contributed by atoms with van der Waals surface area (Å²) < 4.78 is 0. The van der Waals surface area contributed by atoms with Crippen molar-refractivity contribution in [2.75, 3.05) is 6.54 Å². The van der Waals surface area contributed by atoms with Gasteiger partial charge in [-0.3, -0.25) is 4.79 Å². The molecule has 106 valence electrons. The van der Waals surface area contributed by atoms with Gasteiger partial charge in [-0.25, -0.2) is 9.78 Å². The molecule has 0 fully saturated rings. The third kappa shape index (κ3) is 5.80. The molecule has 0 bridgehead atoms. The minimum Gasteiger partial charge on any atom is -0.476 e. The number of hydrogen-bond donors (Lipinski definition) is 3. The highest BCUT2D eigenvalue weighted by atomic mass is 32.1. The summed E-state index contributed by atoms with van der Waals surface area (Å²) in [5.74, 6) is -1.10. The van der Waals surface area contributed by atoms with E-state index >= 15 is 0 Å². The van der Waals surface area contributed by atoms with Crippen molar-refractivity contribution in [3.05, 3.63) is 16.1 Å². The monoisotopic (exact) mass is 285 g/mol. The van der Waals surface area contributed by atoms with Gasteiger partial charge in [-0.2, -0.15) is 0 Å². The Balaban J connectivity index is 2.25. The fourth-order valence-electron chi connectivity index (χ4n) is 1.62. The van der Waals surface area contributed by atoms with Crippen molar-refractivity contribution >= 4 is 23.2 Å². The second-order valence-corrected chi connectivity index (χ2v) is 5.23. The number of nitrogens with two attached hydrogens (primary N) is 1. The van der Waals surface area contributed by atoms with Crippen molar-refractivity contribution in [1.82, 2.24) is 10.3 Å². The Hall–Kier alpha value is -1.47. The lowest BCUT2D eigenvalue weighted by Crippen LogP contribution is -2.32. The molecule has 6 nitrogen and oxygen atoms in total. The van der Waals surface area contributed by atoms with Crippen LogP contribution in [0.4, 0.5) is 0 Å². The number of nitrogens with one attached hydrogen (secondary N) is 1. The largest absolute Gasteiger partial charge is 0.476 e. The molecule has 1 amide bonds. The highest BCUT2D eigenvalue weighted by Gasteiger charge is 2.10. The molecule has 0 aromatic carbocycles. The lowest BCUT2D eigenvalue weighted by atomic mass is 10.1. The van der Waals surface area contributed by atoms with Crippen LogP contribution in [0.15, 0.2) is 5.38 Å². The van der Waals surface area contributed by atoms with E-state index < -0.39 is 5.97 Å². The van der Waals surface area contributed by atoms with Crippen LogP contribution in [0.5, 0.6) is 0 Å². The topological polar surface area (TPSA) is 105 Å². The van der Waals surface area contributed by atoms with Crippen molar-refractivity contribution in [3.8, 4) is 0 Å². The SMILES string of the molecule is CCCC(N)CC(=O)NCCc1nc(C(=O)O)cs1. The molecular weight excluding hydrogens is 266 g/mol. The Morgan fingerprint density at radius 1 is 1.58 bits per heavy atom. The normalized spacial score (nSPS) is 12.1. The minimum absolute atomic E-state index is 0.0521. The van der Waals surface area contributed by atoms with Crippen molar-refractivity contribution in [3.63, 3.8) is 0 Å². The molecule has 4 N–H and O–H groups in total. The summed E-state index contributed by atoms with van der Waals surface area (Å²) in [6.45, 7) is 2.48. The van der Waals surface area contributed by atoms with Gasteiger partial charge in [-0.05, 0) is 6.42 Å². The maximum atomic E-state index is 11.5. The maximum absolute atomic E-state index is 11.5. The first-order chi connectivity index (χ1) is 9.02. The third-order valence-electron chi connectivity index (χ3n) is 2.54. The van der Waals surface area contributed by atoms with Gasteiger partial charge in [0.2, 0.25) is 5.91 Å². The molecule has 1 rings (SSSR count). The smallest absolute Gasteiger partial charge is 0.355 e. The minimum atomic E-state index is -1.03. The zero-order valence-electron chi connectivity index (χ0n) is 10.9. The molecule has 0 radical (unpaired) electrons. The first-order valence-electron chi connectivity index (χ1n) is 6.23. The van der Waals surface area contributed by atoms with Crippen LogP contribution in [0.3, 0.4) is 0 Å². The van der Waals surface area contributed by atoms with Gasteiger partial charge < -0.3 is 16.2 Å². The van der Waals surface area contributed by atoms with Crippen LogP contribution in [0.25, 0.3) is 0 Å². The zero-order valence-corrected chi connectivity index (χ0v) is 11.7. The molecule has 7 heteroatoms. The van der Waals surface area contributed by atoms with Crippen LogP contribution < -0.4 is 11.1 Å². The fraction of sp³-hybridized carbons (Fsp3) is 0.583. The van der Waals surface area contributed by atoms with Crippen molar-refractivity contribution in [2.45, 2.75) is 38.6 Å². The van der Waals surface area contributed by atoms with Gasteiger partial charge in [0.1, 0.15) is 0 Å².